The Hall–Kier alpha value is -1.71. The second kappa shape index (κ2) is 5.73. The minimum atomic E-state index is 0.0204. The summed E-state index contributed by atoms with van der Waals surface area (Å²) in [5.41, 5.74) is 9.96. The van der Waals surface area contributed by atoms with Crippen LogP contribution in [0.5, 0.6) is 0 Å². The highest BCUT2D eigenvalue weighted by molar-refractivity contribution is 7.18. The molecule has 102 valence electrons. The summed E-state index contributed by atoms with van der Waals surface area (Å²) in [5.74, 6) is 0. The average molecular weight is 282 g/mol. The average Bonchev–Trinajstić information content (AvgIpc) is 2.91. The zero-order chi connectivity index (χ0) is 13.9. The predicted octanol–water partition coefficient (Wildman–Crippen LogP) is 4.24. The van der Waals surface area contributed by atoms with Crippen molar-refractivity contribution in [2.24, 2.45) is 5.73 Å². The van der Waals surface area contributed by atoms with Crippen LogP contribution < -0.4 is 5.73 Å². The van der Waals surface area contributed by atoms with Gasteiger partial charge in [-0.1, -0.05) is 42.5 Å². The van der Waals surface area contributed by atoms with Crippen molar-refractivity contribution in [3.63, 3.8) is 0 Å². The third-order valence-electron chi connectivity index (χ3n) is 3.54. The smallest absolute Gasteiger partial charge is 0.111 e. The summed E-state index contributed by atoms with van der Waals surface area (Å²) < 4.78 is 1.23. The quantitative estimate of drug-likeness (QED) is 0.777. The van der Waals surface area contributed by atoms with Crippen LogP contribution in [0.2, 0.25) is 0 Å². The van der Waals surface area contributed by atoms with Crippen molar-refractivity contribution >= 4 is 21.6 Å². The van der Waals surface area contributed by atoms with E-state index in [-0.39, 0.29) is 6.04 Å². The highest BCUT2D eigenvalue weighted by atomic mass is 32.1. The molecule has 2 aromatic carbocycles. The van der Waals surface area contributed by atoms with Crippen LogP contribution in [0.4, 0.5) is 0 Å². The van der Waals surface area contributed by atoms with Crippen LogP contribution in [0, 0.1) is 6.92 Å². The van der Waals surface area contributed by atoms with Gasteiger partial charge in [-0.25, -0.2) is 4.98 Å². The number of aryl methyl sites for hydroxylation is 2. The fourth-order valence-electron chi connectivity index (χ4n) is 2.35. The largest absolute Gasteiger partial charge is 0.322 e. The Kier molecular flexibility index (Phi) is 3.81. The summed E-state index contributed by atoms with van der Waals surface area (Å²) in [4.78, 5) is 4.72. The number of hydrogen-bond acceptors (Lipinski definition) is 3. The molecule has 1 atom stereocenters. The number of thiazole rings is 1. The molecule has 1 aromatic heterocycles. The molecule has 0 aliphatic heterocycles. The van der Waals surface area contributed by atoms with E-state index in [9.17, 15) is 0 Å². The molecule has 1 heterocycles. The first-order valence-corrected chi connectivity index (χ1v) is 7.71. The van der Waals surface area contributed by atoms with E-state index >= 15 is 0 Å². The van der Waals surface area contributed by atoms with Gasteiger partial charge in [0.2, 0.25) is 0 Å². The number of nitrogens with zero attached hydrogens (tertiary/aromatic N) is 1. The second-order valence-corrected chi connectivity index (χ2v) is 6.17. The Morgan fingerprint density at radius 2 is 1.90 bits per heavy atom. The van der Waals surface area contributed by atoms with Gasteiger partial charge in [0.05, 0.1) is 16.3 Å². The summed E-state index contributed by atoms with van der Waals surface area (Å²) in [6, 6.07) is 16.8. The van der Waals surface area contributed by atoms with Crippen molar-refractivity contribution in [3.05, 3.63) is 64.7 Å². The van der Waals surface area contributed by atoms with Crippen molar-refractivity contribution in [1.82, 2.24) is 4.98 Å². The highest BCUT2D eigenvalue weighted by Gasteiger charge is 2.13. The van der Waals surface area contributed by atoms with Gasteiger partial charge >= 0.3 is 0 Å². The van der Waals surface area contributed by atoms with Crippen LogP contribution in [-0.2, 0) is 6.42 Å². The fraction of sp³-hybridized carbons (Fsp3) is 0.235. The SMILES string of the molecule is Cc1cccc2sc(C(N)CCc3ccccc3)nc12. The van der Waals surface area contributed by atoms with Crippen molar-refractivity contribution < 1.29 is 0 Å². The van der Waals surface area contributed by atoms with Crippen molar-refractivity contribution in [2.75, 3.05) is 0 Å². The maximum absolute atomic E-state index is 6.30. The number of benzene rings is 2. The van der Waals surface area contributed by atoms with E-state index in [4.69, 9.17) is 10.7 Å². The van der Waals surface area contributed by atoms with E-state index in [0.29, 0.717) is 0 Å². The molecule has 1 unspecified atom stereocenters. The molecular formula is C17H18N2S. The van der Waals surface area contributed by atoms with E-state index in [1.54, 1.807) is 11.3 Å². The molecule has 2 nitrogen and oxygen atoms in total. The first-order chi connectivity index (χ1) is 9.74. The third-order valence-corrected chi connectivity index (χ3v) is 4.69. The Balaban J connectivity index is 1.75. The molecule has 0 bridgehead atoms. The van der Waals surface area contributed by atoms with E-state index in [1.807, 2.05) is 6.07 Å². The van der Waals surface area contributed by atoms with Gasteiger partial charge < -0.3 is 5.73 Å². The number of nitrogens with two attached hydrogens (primary N) is 1. The van der Waals surface area contributed by atoms with Gasteiger partial charge in [-0.15, -0.1) is 11.3 Å². The van der Waals surface area contributed by atoms with E-state index in [1.165, 1.54) is 15.8 Å². The Morgan fingerprint density at radius 1 is 1.10 bits per heavy atom. The Bertz CT molecular complexity index is 703. The van der Waals surface area contributed by atoms with Gasteiger partial charge in [0.25, 0.3) is 0 Å². The monoisotopic (exact) mass is 282 g/mol. The number of fused-ring (bicyclic) bond motifs is 1. The molecule has 2 N–H and O–H groups in total. The zero-order valence-corrected chi connectivity index (χ0v) is 12.4. The highest BCUT2D eigenvalue weighted by Crippen LogP contribution is 2.29. The number of para-hydroxylation sites is 1. The zero-order valence-electron chi connectivity index (χ0n) is 11.5. The third kappa shape index (κ3) is 2.74. The number of aromatic nitrogens is 1. The molecule has 0 spiro atoms. The molecule has 0 amide bonds. The Morgan fingerprint density at radius 3 is 2.65 bits per heavy atom. The van der Waals surface area contributed by atoms with Gasteiger partial charge in [-0.3, -0.25) is 0 Å². The van der Waals surface area contributed by atoms with Gasteiger partial charge in [0, 0.05) is 0 Å². The van der Waals surface area contributed by atoms with Gasteiger partial charge in [-0.05, 0) is 37.0 Å². The minimum Gasteiger partial charge on any atom is -0.322 e. The van der Waals surface area contributed by atoms with Crippen molar-refractivity contribution in [3.8, 4) is 0 Å². The minimum absolute atomic E-state index is 0.0204. The Labute approximate surface area is 123 Å². The summed E-state index contributed by atoms with van der Waals surface area (Å²) in [6.45, 7) is 2.10. The standard InChI is InChI=1S/C17H18N2S/c1-12-6-5-9-15-16(12)19-17(20-15)14(18)11-10-13-7-3-2-4-8-13/h2-9,14H,10-11,18H2,1H3. The van der Waals surface area contributed by atoms with E-state index < -0.39 is 0 Å². The summed E-state index contributed by atoms with van der Waals surface area (Å²) in [7, 11) is 0. The molecule has 0 aliphatic carbocycles. The lowest BCUT2D eigenvalue weighted by Gasteiger charge is -2.07. The van der Waals surface area contributed by atoms with Crippen LogP contribution in [0.25, 0.3) is 10.2 Å². The molecule has 3 rings (SSSR count). The summed E-state index contributed by atoms with van der Waals surface area (Å²) >= 11 is 1.72. The topological polar surface area (TPSA) is 38.9 Å². The van der Waals surface area contributed by atoms with Crippen molar-refractivity contribution in [1.29, 1.82) is 0 Å². The lowest BCUT2D eigenvalue weighted by molar-refractivity contribution is 0.648. The van der Waals surface area contributed by atoms with Crippen LogP contribution in [0.3, 0.4) is 0 Å². The van der Waals surface area contributed by atoms with E-state index in [0.717, 1.165) is 23.4 Å². The second-order valence-electron chi connectivity index (χ2n) is 5.10. The van der Waals surface area contributed by atoms with Gasteiger partial charge in [0.1, 0.15) is 5.01 Å². The van der Waals surface area contributed by atoms with Gasteiger partial charge in [0.15, 0.2) is 0 Å². The molecule has 20 heavy (non-hydrogen) atoms. The summed E-state index contributed by atoms with van der Waals surface area (Å²) in [5, 5.41) is 1.05. The molecule has 0 saturated carbocycles. The van der Waals surface area contributed by atoms with Crippen LogP contribution >= 0.6 is 11.3 Å². The van der Waals surface area contributed by atoms with Crippen LogP contribution in [-0.4, -0.2) is 4.98 Å². The molecule has 0 fully saturated rings. The predicted molar refractivity (Wildman–Crippen MR) is 86.0 cm³/mol. The van der Waals surface area contributed by atoms with Crippen LogP contribution in [0.1, 0.15) is 28.6 Å². The van der Waals surface area contributed by atoms with E-state index in [2.05, 4.69) is 49.4 Å². The number of rotatable bonds is 4. The van der Waals surface area contributed by atoms with Crippen molar-refractivity contribution in [2.45, 2.75) is 25.8 Å². The molecular weight excluding hydrogens is 264 g/mol. The first-order valence-electron chi connectivity index (χ1n) is 6.89. The molecule has 3 aromatic rings. The lowest BCUT2D eigenvalue weighted by atomic mass is 10.1. The molecule has 0 saturated heterocycles. The maximum atomic E-state index is 6.30. The molecule has 3 heteroatoms. The van der Waals surface area contributed by atoms with Crippen LogP contribution in [0.15, 0.2) is 48.5 Å². The summed E-state index contributed by atoms with van der Waals surface area (Å²) in [6.07, 6.45) is 1.93. The fourth-order valence-corrected chi connectivity index (χ4v) is 3.43. The number of hydrogen-bond donors (Lipinski definition) is 1. The van der Waals surface area contributed by atoms with Gasteiger partial charge in [-0.2, -0.15) is 0 Å². The molecule has 0 radical (unpaired) electrons. The lowest BCUT2D eigenvalue weighted by Crippen LogP contribution is -2.10. The molecule has 0 aliphatic rings. The normalized spacial score (nSPS) is 12.7. The first kappa shape index (κ1) is 13.3. The maximum Gasteiger partial charge on any atom is 0.111 e.